The van der Waals surface area contributed by atoms with Gasteiger partial charge in [-0.15, -0.1) is 0 Å². The lowest BCUT2D eigenvalue weighted by Gasteiger charge is -2.27. The van der Waals surface area contributed by atoms with E-state index in [0.29, 0.717) is 19.0 Å². The van der Waals surface area contributed by atoms with Crippen molar-refractivity contribution < 1.29 is 4.79 Å². The number of hydrogen-bond donors (Lipinski definition) is 2. The van der Waals surface area contributed by atoms with Crippen LogP contribution in [0.5, 0.6) is 0 Å². The van der Waals surface area contributed by atoms with Crippen molar-refractivity contribution >= 4 is 5.91 Å². The summed E-state index contributed by atoms with van der Waals surface area (Å²) in [5, 5.41) is 10.7. The molecule has 1 aromatic heterocycles. The predicted molar refractivity (Wildman–Crippen MR) is 81.4 cm³/mol. The highest BCUT2D eigenvalue weighted by Crippen LogP contribution is 2.19. The van der Waals surface area contributed by atoms with Crippen molar-refractivity contribution in [1.29, 1.82) is 0 Å². The molecule has 0 bridgehead atoms. The van der Waals surface area contributed by atoms with Crippen LogP contribution >= 0.6 is 0 Å². The molecule has 0 fully saturated rings. The van der Waals surface area contributed by atoms with E-state index in [-0.39, 0.29) is 17.5 Å². The van der Waals surface area contributed by atoms with Crippen molar-refractivity contribution in [2.45, 2.75) is 72.1 Å². The van der Waals surface area contributed by atoms with E-state index in [2.05, 4.69) is 43.4 Å². The Morgan fingerprint density at radius 1 is 1.30 bits per heavy atom. The topological polar surface area (TPSA) is 59.0 Å². The van der Waals surface area contributed by atoms with E-state index in [4.69, 9.17) is 0 Å². The maximum Gasteiger partial charge on any atom is 0.222 e. The van der Waals surface area contributed by atoms with Crippen molar-refractivity contribution in [3.63, 3.8) is 0 Å². The van der Waals surface area contributed by atoms with Gasteiger partial charge in [-0.2, -0.15) is 5.10 Å². The summed E-state index contributed by atoms with van der Waals surface area (Å²) in [6.07, 6.45) is 4.34. The van der Waals surface area contributed by atoms with Gasteiger partial charge in [0.1, 0.15) is 0 Å². The fourth-order valence-corrected chi connectivity index (χ4v) is 2.22. The van der Waals surface area contributed by atoms with Crippen molar-refractivity contribution in [2.75, 3.05) is 0 Å². The zero-order valence-corrected chi connectivity index (χ0v) is 13.5. The maximum atomic E-state index is 11.6. The molecule has 0 aliphatic rings. The molecule has 20 heavy (non-hydrogen) atoms. The number of aryl methyl sites for hydroxylation is 1. The van der Waals surface area contributed by atoms with Gasteiger partial charge in [0.15, 0.2) is 0 Å². The number of carbonyl (C=O) groups is 1. The Morgan fingerprint density at radius 2 is 1.95 bits per heavy atom. The van der Waals surface area contributed by atoms with Gasteiger partial charge in [0.2, 0.25) is 5.91 Å². The van der Waals surface area contributed by atoms with Crippen LogP contribution in [-0.2, 0) is 16.9 Å². The molecule has 0 atom stereocenters. The summed E-state index contributed by atoms with van der Waals surface area (Å²) in [7, 11) is 0. The monoisotopic (exact) mass is 280 g/mol. The third kappa shape index (κ3) is 5.33. The van der Waals surface area contributed by atoms with E-state index in [9.17, 15) is 4.79 Å². The van der Waals surface area contributed by atoms with Crippen molar-refractivity contribution in [3.8, 4) is 0 Å². The van der Waals surface area contributed by atoms with Gasteiger partial charge in [-0.25, -0.2) is 0 Å². The Bertz CT molecular complexity index is 435. The Hall–Kier alpha value is -1.36. The van der Waals surface area contributed by atoms with E-state index >= 15 is 0 Å². The lowest BCUT2D eigenvalue weighted by molar-refractivity contribution is -0.121. The van der Waals surface area contributed by atoms with E-state index in [1.807, 2.05) is 30.9 Å². The molecule has 0 saturated carbocycles. The first-order valence-electron chi connectivity index (χ1n) is 7.30. The highest BCUT2D eigenvalue weighted by atomic mass is 16.1. The van der Waals surface area contributed by atoms with Crippen LogP contribution in [0, 0.1) is 0 Å². The molecule has 0 radical (unpaired) electrons. The number of nitrogens with one attached hydrogen (secondary N) is 2. The lowest BCUT2D eigenvalue weighted by Crippen LogP contribution is -2.40. The summed E-state index contributed by atoms with van der Waals surface area (Å²) in [6, 6.07) is 0.593. The predicted octanol–water partition coefficient (Wildman–Crippen LogP) is 2.03. The van der Waals surface area contributed by atoms with Gasteiger partial charge in [0.25, 0.3) is 0 Å². The van der Waals surface area contributed by atoms with Gasteiger partial charge in [0, 0.05) is 42.3 Å². The van der Waals surface area contributed by atoms with Crippen molar-refractivity contribution in [2.24, 2.45) is 0 Å². The second-order valence-electron chi connectivity index (χ2n) is 6.39. The number of hydrogen-bond acceptors (Lipinski definition) is 3. The molecule has 0 aromatic carbocycles. The Morgan fingerprint density at radius 3 is 2.50 bits per heavy atom. The molecular formula is C15H28N4O. The molecule has 2 N–H and O–H groups in total. The molecule has 114 valence electrons. The van der Waals surface area contributed by atoms with Gasteiger partial charge >= 0.3 is 0 Å². The third-order valence-corrected chi connectivity index (χ3v) is 3.02. The largest absolute Gasteiger partial charge is 0.354 e. The molecular weight excluding hydrogens is 252 g/mol. The average Bonchev–Trinajstić information content (AvgIpc) is 2.72. The second kappa shape index (κ2) is 6.88. The van der Waals surface area contributed by atoms with Crippen LogP contribution in [0.1, 0.15) is 53.5 Å². The molecule has 0 saturated heterocycles. The van der Waals surface area contributed by atoms with Crippen LogP contribution in [0.3, 0.4) is 0 Å². The molecule has 0 unspecified atom stereocenters. The molecule has 1 heterocycles. The second-order valence-corrected chi connectivity index (χ2v) is 6.39. The zero-order chi connectivity index (χ0) is 15.3. The van der Waals surface area contributed by atoms with Crippen LogP contribution in [-0.4, -0.2) is 27.8 Å². The molecule has 5 nitrogen and oxygen atoms in total. The molecule has 0 aliphatic heterocycles. The number of carbonyl (C=O) groups excluding carboxylic acids is 1. The normalized spacial score (nSPS) is 12.2. The maximum absolute atomic E-state index is 11.6. The minimum Gasteiger partial charge on any atom is -0.354 e. The summed E-state index contributed by atoms with van der Waals surface area (Å²) in [5.74, 6) is 0.0663. The highest BCUT2D eigenvalue weighted by Gasteiger charge is 2.22. The van der Waals surface area contributed by atoms with E-state index in [1.54, 1.807) is 0 Å². The number of amides is 1. The van der Waals surface area contributed by atoms with Crippen LogP contribution in [0.15, 0.2) is 12.4 Å². The Balaban J connectivity index is 2.57. The summed E-state index contributed by atoms with van der Waals surface area (Å²) in [5.41, 5.74) is 1.02. The third-order valence-electron chi connectivity index (χ3n) is 3.02. The van der Waals surface area contributed by atoms with Crippen LogP contribution in [0.25, 0.3) is 0 Å². The number of aromatic nitrogens is 2. The lowest BCUT2D eigenvalue weighted by atomic mass is 9.97. The van der Waals surface area contributed by atoms with Crippen LogP contribution in [0.4, 0.5) is 0 Å². The van der Waals surface area contributed by atoms with Gasteiger partial charge in [0.05, 0.1) is 6.20 Å². The summed E-state index contributed by atoms with van der Waals surface area (Å²) < 4.78 is 1.83. The first kappa shape index (κ1) is 16.7. The highest BCUT2D eigenvalue weighted by molar-refractivity contribution is 5.76. The van der Waals surface area contributed by atoms with E-state index in [0.717, 1.165) is 5.56 Å². The van der Waals surface area contributed by atoms with Crippen LogP contribution < -0.4 is 10.6 Å². The molecule has 0 aliphatic carbocycles. The van der Waals surface area contributed by atoms with Crippen molar-refractivity contribution in [1.82, 2.24) is 20.4 Å². The molecule has 0 spiro atoms. The molecule has 5 heteroatoms. The van der Waals surface area contributed by atoms with E-state index in [1.165, 1.54) is 0 Å². The molecule has 1 aromatic rings. The minimum absolute atomic E-state index is 0.0663. The fraction of sp³-hybridized carbons (Fsp3) is 0.733. The van der Waals surface area contributed by atoms with Gasteiger partial charge in [-0.05, 0) is 27.7 Å². The summed E-state index contributed by atoms with van der Waals surface area (Å²) in [4.78, 5) is 11.6. The summed E-state index contributed by atoms with van der Waals surface area (Å²) >= 11 is 0. The fourth-order valence-electron chi connectivity index (χ4n) is 2.22. The Labute approximate surface area is 122 Å². The average molecular weight is 280 g/mol. The smallest absolute Gasteiger partial charge is 0.222 e. The SMILES string of the molecule is CC(C)NC(=O)CCn1cc(C(C)(C)NC(C)C)cn1. The van der Waals surface area contributed by atoms with E-state index < -0.39 is 0 Å². The van der Waals surface area contributed by atoms with Crippen molar-refractivity contribution in [3.05, 3.63) is 18.0 Å². The molecule has 1 rings (SSSR count). The minimum atomic E-state index is -0.118. The Kier molecular flexibility index (Phi) is 5.74. The number of nitrogens with zero attached hydrogens (tertiary/aromatic N) is 2. The first-order chi connectivity index (χ1) is 9.20. The zero-order valence-electron chi connectivity index (χ0n) is 13.5. The summed E-state index contributed by atoms with van der Waals surface area (Å²) in [6.45, 7) is 13.1. The van der Waals surface area contributed by atoms with Crippen LogP contribution in [0.2, 0.25) is 0 Å². The standard InChI is InChI=1S/C15H28N4O/c1-11(2)17-14(20)7-8-19-10-13(9-16-19)15(5,6)18-12(3)4/h9-12,18H,7-8H2,1-6H3,(H,17,20). The number of rotatable bonds is 7. The van der Waals surface area contributed by atoms with Gasteiger partial charge in [-0.3, -0.25) is 9.48 Å². The van der Waals surface area contributed by atoms with Gasteiger partial charge < -0.3 is 10.6 Å². The van der Waals surface area contributed by atoms with Gasteiger partial charge in [-0.1, -0.05) is 13.8 Å². The molecule has 1 amide bonds. The quantitative estimate of drug-likeness (QED) is 0.803. The first-order valence-corrected chi connectivity index (χ1v) is 7.30.